The summed E-state index contributed by atoms with van der Waals surface area (Å²) >= 11 is 0. The molecule has 0 fully saturated rings. The summed E-state index contributed by atoms with van der Waals surface area (Å²) in [5, 5.41) is 0. The Morgan fingerprint density at radius 3 is 2.05 bits per heavy atom. The van der Waals surface area contributed by atoms with Gasteiger partial charge in [0.25, 0.3) is 0 Å². The standard InChI is InChI=1S/C16H16F3NO.ClH/c17-16(18,19)13-6-8-14(9-7-13)21-15(10-11-20)12-4-2-1-3-5-12;/h1-9,15H,10-11,20H2;1H/t15-;/m1./s1. The number of nitrogens with two attached hydrogens (primary N) is 1. The van der Waals surface area contributed by atoms with Crippen molar-refractivity contribution in [2.75, 3.05) is 6.54 Å². The van der Waals surface area contributed by atoms with Gasteiger partial charge in [0.1, 0.15) is 11.9 Å². The maximum atomic E-state index is 12.5. The van der Waals surface area contributed by atoms with Crippen LogP contribution in [0.2, 0.25) is 0 Å². The van der Waals surface area contributed by atoms with Crippen molar-refractivity contribution in [2.24, 2.45) is 5.73 Å². The van der Waals surface area contributed by atoms with Crippen LogP contribution in [-0.4, -0.2) is 6.54 Å². The van der Waals surface area contributed by atoms with Crippen LogP contribution in [-0.2, 0) is 6.18 Å². The minimum absolute atomic E-state index is 0. The van der Waals surface area contributed by atoms with Gasteiger partial charge in [0.05, 0.1) is 5.56 Å². The van der Waals surface area contributed by atoms with E-state index in [1.54, 1.807) is 0 Å². The maximum Gasteiger partial charge on any atom is 0.416 e. The second kappa shape index (κ2) is 8.06. The summed E-state index contributed by atoms with van der Waals surface area (Å²) in [7, 11) is 0. The molecule has 0 aliphatic rings. The Labute approximate surface area is 133 Å². The van der Waals surface area contributed by atoms with Gasteiger partial charge >= 0.3 is 6.18 Å². The first kappa shape index (κ1) is 18.3. The fraction of sp³-hybridized carbons (Fsp3) is 0.250. The molecular formula is C16H17ClF3NO. The zero-order valence-corrected chi connectivity index (χ0v) is 12.5. The van der Waals surface area contributed by atoms with Crippen molar-refractivity contribution >= 4 is 12.4 Å². The van der Waals surface area contributed by atoms with Gasteiger partial charge in [-0.1, -0.05) is 30.3 Å². The zero-order chi connectivity index (χ0) is 15.3. The molecule has 2 rings (SSSR count). The number of hydrogen-bond acceptors (Lipinski definition) is 2. The SMILES string of the molecule is Cl.NCC[C@@H](Oc1ccc(C(F)(F)F)cc1)c1ccccc1. The van der Waals surface area contributed by atoms with Gasteiger partial charge in [-0.05, 0) is 36.4 Å². The van der Waals surface area contributed by atoms with Gasteiger partial charge in [-0.2, -0.15) is 13.2 Å². The van der Waals surface area contributed by atoms with E-state index in [-0.39, 0.29) is 18.5 Å². The molecule has 0 aliphatic carbocycles. The molecule has 2 aromatic carbocycles. The van der Waals surface area contributed by atoms with Crippen LogP contribution in [0.25, 0.3) is 0 Å². The number of rotatable bonds is 5. The Balaban J connectivity index is 0.00000242. The highest BCUT2D eigenvalue weighted by Crippen LogP contribution is 2.31. The first-order valence-electron chi connectivity index (χ1n) is 6.59. The molecule has 0 aromatic heterocycles. The fourth-order valence-corrected chi connectivity index (χ4v) is 2.00. The molecule has 0 spiro atoms. The molecule has 2 nitrogen and oxygen atoms in total. The first-order valence-corrected chi connectivity index (χ1v) is 6.59. The molecule has 0 bridgehead atoms. The monoisotopic (exact) mass is 331 g/mol. The van der Waals surface area contributed by atoms with E-state index in [0.717, 1.165) is 17.7 Å². The molecule has 2 N–H and O–H groups in total. The lowest BCUT2D eigenvalue weighted by Gasteiger charge is -2.19. The van der Waals surface area contributed by atoms with Crippen LogP contribution in [0.3, 0.4) is 0 Å². The molecular weight excluding hydrogens is 315 g/mol. The summed E-state index contributed by atoms with van der Waals surface area (Å²) in [5.41, 5.74) is 5.83. The summed E-state index contributed by atoms with van der Waals surface area (Å²) in [5.74, 6) is 0.394. The van der Waals surface area contributed by atoms with Crippen LogP contribution in [0.15, 0.2) is 54.6 Å². The molecule has 0 aliphatic heterocycles. The minimum Gasteiger partial charge on any atom is -0.486 e. The van der Waals surface area contributed by atoms with Crippen molar-refractivity contribution in [3.05, 3.63) is 65.7 Å². The van der Waals surface area contributed by atoms with E-state index in [1.165, 1.54) is 12.1 Å². The average molecular weight is 332 g/mol. The van der Waals surface area contributed by atoms with E-state index in [9.17, 15) is 13.2 Å². The minimum atomic E-state index is -4.34. The summed E-state index contributed by atoms with van der Waals surface area (Å²) < 4.78 is 43.3. The molecule has 120 valence electrons. The lowest BCUT2D eigenvalue weighted by Crippen LogP contribution is -2.13. The molecule has 0 amide bonds. The van der Waals surface area contributed by atoms with Crippen molar-refractivity contribution in [1.82, 2.24) is 0 Å². The summed E-state index contributed by atoms with van der Waals surface area (Å²) in [6.07, 6.45) is -4.02. The Kier molecular flexibility index (Phi) is 6.71. The van der Waals surface area contributed by atoms with Crippen LogP contribution < -0.4 is 10.5 Å². The predicted octanol–water partition coefficient (Wildman–Crippen LogP) is 4.60. The Morgan fingerprint density at radius 2 is 1.55 bits per heavy atom. The van der Waals surface area contributed by atoms with Crippen molar-refractivity contribution < 1.29 is 17.9 Å². The summed E-state index contributed by atoms with van der Waals surface area (Å²) in [6.45, 7) is 0.431. The molecule has 0 radical (unpaired) electrons. The van der Waals surface area contributed by atoms with Gasteiger partial charge in [-0.3, -0.25) is 0 Å². The Bertz CT molecular complexity index is 558. The first-order chi connectivity index (χ1) is 10.0. The number of ether oxygens (including phenoxy) is 1. The van der Waals surface area contributed by atoms with Crippen LogP contribution in [0.1, 0.15) is 23.7 Å². The number of benzene rings is 2. The maximum absolute atomic E-state index is 12.5. The summed E-state index contributed by atoms with van der Waals surface area (Å²) in [4.78, 5) is 0. The van der Waals surface area contributed by atoms with E-state index >= 15 is 0 Å². The normalized spacial score (nSPS) is 12.4. The van der Waals surface area contributed by atoms with Crippen molar-refractivity contribution in [1.29, 1.82) is 0 Å². The van der Waals surface area contributed by atoms with E-state index in [4.69, 9.17) is 10.5 Å². The van der Waals surface area contributed by atoms with Crippen LogP contribution in [0.4, 0.5) is 13.2 Å². The fourth-order valence-electron chi connectivity index (χ4n) is 2.00. The van der Waals surface area contributed by atoms with E-state index in [2.05, 4.69) is 0 Å². The largest absolute Gasteiger partial charge is 0.486 e. The number of halogens is 4. The van der Waals surface area contributed by atoms with Crippen LogP contribution in [0, 0.1) is 0 Å². The van der Waals surface area contributed by atoms with Crippen LogP contribution in [0.5, 0.6) is 5.75 Å². The molecule has 6 heteroatoms. The highest BCUT2D eigenvalue weighted by atomic mass is 35.5. The quantitative estimate of drug-likeness (QED) is 0.869. The average Bonchev–Trinajstić information content (AvgIpc) is 2.47. The van der Waals surface area contributed by atoms with Gasteiger partial charge in [-0.15, -0.1) is 12.4 Å². The molecule has 22 heavy (non-hydrogen) atoms. The van der Waals surface area contributed by atoms with E-state index in [1.807, 2.05) is 30.3 Å². The van der Waals surface area contributed by atoms with E-state index in [0.29, 0.717) is 18.7 Å². The Hall–Kier alpha value is -1.72. The zero-order valence-electron chi connectivity index (χ0n) is 11.7. The van der Waals surface area contributed by atoms with Gasteiger partial charge < -0.3 is 10.5 Å². The second-order valence-electron chi connectivity index (χ2n) is 4.62. The smallest absolute Gasteiger partial charge is 0.416 e. The highest BCUT2D eigenvalue weighted by Gasteiger charge is 2.30. The van der Waals surface area contributed by atoms with E-state index < -0.39 is 11.7 Å². The third-order valence-corrected chi connectivity index (χ3v) is 3.06. The van der Waals surface area contributed by atoms with Crippen molar-refractivity contribution in [3.63, 3.8) is 0 Å². The van der Waals surface area contributed by atoms with Crippen molar-refractivity contribution in [3.8, 4) is 5.75 Å². The third-order valence-electron chi connectivity index (χ3n) is 3.06. The lowest BCUT2D eigenvalue weighted by atomic mass is 10.1. The molecule has 2 aromatic rings. The predicted molar refractivity (Wildman–Crippen MR) is 82.2 cm³/mol. The topological polar surface area (TPSA) is 35.2 Å². The molecule has 0 saturated carbocycles. The second-order valence-corrected chi connectivity index (χ2v) is 4.62. The van der Waals surface area contributed by atoms with Gasteiger partial charge in [0, 0.05) is 6.42 Å². The molecule has 0 heterocycles. The van der Waals surface area contributed by atoms with Crippen LogP contribution >= 0.6 is 12.4 Å². The van der Waals surface area contributed by atoms with Crippen molar-refractivity contribution in [2.45, 2.75) is 18.7 Å². The van der Waals surface area contributed by atoms with Gasteiger partial charge in [0.15, 0.2) is 0 Å². The Morgan fingerprint density at radius 1 is 0.955 bits per heavy atom. The summed E-state index contributed by atoms with van der Waals surface area (Å²) in [6, 6.07) is 14.2. The number of alkyl halides is 3. The third kappa shape index (κ3) is 4.93. The molecule has 1 atom stereocenters. The highest BCUT2D eigenvalue weighted by molar-refractivity contribution is 5.85. The molecule has 0 saturated heterocycles. The molecule has 0 unspecified atom stereocenters. The van der Waals surface area contributed by atoms with Gasteiger partial charge in [0.2, 0.25) is 0 Å². The number of hydrogen-bond donors (Lipinski definition) is 1. The lowest BCUT2D eigenvalue weighted by molar-refractivity contribution is -0.137. The van der Waals surface area contributed by atoms with Gasteiger partial charge in [-0.25, -0.2) is 0 Å².